The summed E-state index contributed by atoms with van der Waals surface area (Å²) < 4.78 is 34.1. The fourth-order valence-corrected chi connectivity index (χ4v) is 0. The van der Waals surface area contributed by atoms with Gasteiger partial charge in [0.2, 0.25) is 0 Å². The summed E-state index contributed by atoms with van der Waals surface area (Å²) in [5.74, 6) is 0. The molecule has 0 saturated heterocycles. The fourth-order valence-electron chi connectivity index (χ4n) is 0. The Hall–Kier alpha value is 0.0362. The number of nitrogens with zero attached hydrogens (tertiary/aromatic N) is 2. The van der Waals surface area contributed by atoms with Crippen LogP contribution in [-0.2, 0) is 27.2 Å². The molecule has 12 nitrogen and oxygen atoms in total. The number of rotatable bonds is 0. The first-order valence-corrected chi connectivity index (χ1v) is 3.10. The van der Waals surface area contributed by atoms with E-state index >= 15 is 0 Å². The average Bonchev–Trinajstić information content (AvgIpc) is 1.50. The SMILES string of the molecule is O=S(=O)([O-])[O-].O=[N+]([O-])[O-].O=[N+]([O-])[O-].[Ca+2].[Co+2]. The fraction of sp³-hybridized carbons (Fsp3) is 0. The predicted molar refractivity (Wildman–Crippen MR) is 37.0 cm³/mol. The third-order valence-electron chi connectivity index (χ3n) is 0. The van der Waals surface area contributed by atoms with Crippen LogP contribution in [0, 0.1) is 30.6 Å². The van der Waals surface area contributed by atoms with Crippen LogP contribution in [0.25, 0.3) is 0 Å². The molecule has 0 aliphatic heterocycles. The molecule has 87 valence electrons. The molecule has 0 fully saturated rings. The van der Waals surface area contributed by atoms with Gasteiger partial charge in [0.25, 0.3) is 0 Å². The van der Waals surface area contributed by atoms with Crippen LogP contribution in [0.4, 0.5) is 0 Å². The van der Waals surface area contributed by atoms with E-state index in [1.54, 1.807) is 0 Å². The van der Waals surface area contributed by atoms with E-state index in [0.29, 0.717) is 0 Å². The van der Waals surface area contributed by atoms with Gasteiger partial charge >= 0.3 is 54.5 Å². The first-order chi connectivity index (χ1) is 5.46. The van der Waals surface area contributed by atoms with Crippen molar-refractivity contribution >= 4 is 48.1 Å². The Morgan fingerprint density at radius 2 is 0.800 bits per heavy atom. The topological polar surface area (TPSA) is 213 Å². The summed E-state index contributed by atoms with van der Waals surface area (Å²) in [6.07, 6.45) is 0. The Kier molecular flexibility index (Phi) is 32.3. The van der Waals surface area contributed by atoms with Crippen molar-refractivity contribution in [3.8, 4) is 0 Å². The molecule has 0 heterocycles. The molecule has 0 amide bonds. The Morgan fingerprint density at radius 3 is 0.800 bits per heavy atom. The van der Waals surface area contributed by atoms with Gasteiger partial charge in [-0.2, -0.15) is 0 Å². The monoisotopic (exact) mass is 319 g/mol. The third-order valence-corrected chi connectivity index (χ3v) is 0. The average molecular weight is 319 g/mol. The van der Waals surface area contributed by atoms with Crippen molar-refractivity contribution in [3.05, 3.63) is 30.6 Å². The Labute approximate surface area is 122 Å². The molecule has 0 atom stereocenters. The van der Waals surface area contributed by atoms with Gasteiger partial charge < -0.3 is 39.7 Å². The Bertz CT molecular complexity index is 218. The van der Waals surface area contributed by atoms with Gasteiger partial charge in [0.15, 0.2) is 0 Å². The van der Waals surface area contributed by atoms with E-state index in [9.17, 15) is 0 Å². The molecule has 0 bridgehead atoms. The second-order valence-corrected chi connectivity index (χ2v) is 1.67. The molecule has 0 aromatic rings. The van der Waals surface area contributed by atoms with Gasteiger partial charge in [-0.3, -0.25) is 8.42 Å². The molecule has 0 unspecified atom stereocenters. The van der Waals surface area contributed by atoms with E-state index in [-0.39, 0.29) is 54.5 Å². The van der Waals surface area contributed by atoms with E-state index in [4.69, 9.17) is 48.2 Å². The second kappa shape index (κ2) is 16.5. The summed E-state index contributed by atoms with van der Waals surface area (Å²) in [6, 6.07) is 0. The molecule has 0 saturated carbocycles. The minimum Gasteiger partial charge on any atom is -0.759 e. The molecule has 0 aromatic heterocycles. The van der Waals surface area contributed by atoms with Crippen molar-refractivity contribution in [2.75, 3.05) is 0 Å². The quantitative estimate of drug-likeness (QED) is 0.154. The minimum atomic E-state index is -5.17. The van der Waals surface area contributed by atoms with Gasteiger partial charge in [-0.1, -0.05) is 0 Å². The van der Waals surface area contributed by atoms with E-state index in [0.717, 1.165) is 0 Å². The summed E-state index contributed by atoms with van der Waals surface area (Å²) in [7, 11) is -5.17. The first-order valence-electron chi connectivity index (χ1n) is 1.76. The zero-order valence-corrected chi connectivity index (χ0v) is 10.5. The molecule has 0 aliphatic rings. The minimum absolute atomic E-state index is 0. The van der Waals surface area contributed by atoms with Gasteiger partial charge in [0.05, 0.1) is 10.2 Å². The summed E-state index contributed by atoms with van der Waals surface area (Å²) >= 11 is 0. The largest absolute Gasteiger partial charge is 2.00 e. The van der Waals surface area contributed by atoms with Crippen molar-refractivity contribution < 1.29 is 44.5 Å². The van der Waals surface area contributed by atoms with Gasteiger partial charge in [-0.15, -0.1) is 0 Å². The summed E-state index contributed by atoms with van der Waals surface area (Å²) in [5.41, 5.74) is 0. The first kappa shape index (κ1) is 29.4. The van der Waals surface area contributed by atoms with Crippen molar-refractivity contribution in [2.24, 2.45) is 0 Å². The smallest absolute Gasteiger partial charge is 0.759 e. The molecular formula is CaCoN2O10S. The Balaban J connectivity index is -0.0000000315. The standard InChI is InChI=1S/Ca.Co.2NO3.H2O4S/c;;2*2-1(3)4;1-5(2,3)4/h;;;;(H2,1,2,3,4)/q2*+2;2*-1;/p-2. The number of hydrogen-bond donors (Lipinski definition) is 0. The molecule has 0 rings (SSSR count). The molecule has 0 aromatic carbocycles. The maximum absolute atomic E-state index is 8.52. The van der Waals surface area contributed by atoms with E-state index in [2.05, 4.69) is 0 Å². The Morgan fingerprint density at radius 1 is 0.800 bits per heavy atom. The molecule has 15 heavy (non-hydrogen) atoms. The van der Waals surface area contributed by atoms with Crippen molar-refractivity contribution in [1.29, 1.82) is 0 Å². The van der Waals surface area contributed by atoms with Crippen molar-refractivity contribution in [1.82, 2.24) is 0 Å². The van der Waals surface area contributed by atoms with Crippen LogP contribution in [0.3, 0.4) is 0 Å². The van der Waals surface area contributed by atoms with Crippen LogP contribution < -0.4 is 0 Å². The van der Waals surface area contributed by atoms with Crippen molar-refractivity contribution in [2.45, 2.75) is 0 Å². The van der Waals surface area contributed by atoms with E-state index in [1.807, 2.05) is 0 Å². The van der Waals surface area contributed by atoms with Crippen LogP contribution in [-0.4, -0.2) is 65.4 Å². The van der Waals surface area contributed by atoms with Crippen LogP contribution in [0.1, 0.15) is 0 Å². The zero-order valence-electron chi connectivity index (χ0n) is 6.43. The maximum Gasteiger partial charge on any atom is 2.00 e. The van der Waals surface area contributed by atoms with Crippen LogP contribution >= 0.6 is 0 Å². The van der Waals surface area contributed by atoms with Crippen LogP contribution in [0.15, 0.2) is 0 Å². The van der Waals surface area contributed by atoms with Crippen LogP contribution in [0.5, 0.6) is 0 Å². The van der Waals surface area contributed by atoms with E-state index < -0.39 is 20.6 Å². The van der Waals surface area contributed by atoms with Crippen molar-refractivity contribution in [3.63, 3.8) is 0 Å². The zero-order chi connectivity index (χ0) is 11.7. The molecule has 0 N–H and O–H groups in total. The number of hydrogen-bond acceptors (Lipinski definition) is 10. The van der Waals surface area contributed by atoms with Gasteiger partial charge in [-0.05, 0) is 0 Å². The van der Waals surface area contributed by atoms with Gasteiger partial charge in [0, 0.05) is 10.4 Å². The summed E-state index contributed by atoms with van der Waals surface area (Å²) in [6.45, 7) is 0. The predicted octanol–water partition coefficient (Wildman–Crippen LogP) is -2.20. The second-order valence-electron chi connectivity index (χ2n) is 0.855. The van der Waals surface area contributed by atoms with Crippen LogP contribution in [0.2, 0.25) is 0 Å². The van der Waals surface area contributed by atoms with E-state index in [1.165, 1.54) is 0 Å². The maximum atomic E-state index is 8.52. The summed E-state index contributed by atoms with van der Waals surface area (Å²) in [5, 5.41) is 29.5. The van der Waals surface area contributed by atoms with Gasteiger partial charge in [-0.25, -0.2) is 0 Å². The van der Waals surface area contributed by atoms with Gasteiger partial charge in [0.1, 0.15) is 0 Å². The molecular weight excluding hydrogens is 319 g/mol. The molecule has 0 spiro atoms. The molecule has 1 radical (unpaired) electrons. The molecule has 15 heteroatoms. The molecule has 0 aliphatic carbocycles. The normalized spacial score (nSPS) is 7.07. The third kappa shape index (κ3) is 1550000. The summed E-state index contributed by atoms with van der Waals surface area (Å²) in [4.78, 5) is 16.5.